The van der Waals surface area contributed by atoms with Crippen LogP contribution < -0.4 is 0 Å². The molecule has 6 aromatic rings. The van der Waals surface area contributed by atoms with Crippen molar-refractivity contribution < 1.29 is 19.1 Å². The Labute approximate surface area is 233 Å². The number of carbonyl (C=O) groups is 2. The monoisotopic (exact) mass is 549 g/mol. The molecule has 0 saturated carbocycles. The Hall–Kier alpha value is -4.82. The number of likely N-dealkylation sites (N-methyl/N-ethyl adjacent to an activating group) is 1. The van der Waals surface area contributed by atoms with Gasteiger partial charge in [0.1, 0.15) is 17.2 Å². The Morgan fingerprint density at radius 3 is 2.40 bits per heavy atom. The van der Waals surface area contributed by atoms with E-state index in [1.54, 1.807) is 26.2 Å². The van der Waals surface area contributed by atoms with Crippen molar-refractivity contribution in [2.75, 3.05) is 14.1 Å². The number of aromatic carboxylic acids is 1. The highest BCUT2D eigenvalue weighted by Gasteiger charge is 2.25. The summed E-state index contributed by atoms with van der Waals surface area (Å²) < 4.78 is 16.5. The van der Waals surface area contributed by atoms with Crippen LogP contribution in [0.25, 0.3) is 54.8 Å². The minimum Gasteiger partial charge on any atom is -0.477 e. The van der Waals surface area contributed by atoms with Crippen LogP contribution in [-0.4, -0.2) is 45.5 Å². The number of amides is 1. The van der Waals surface area contributed by atoms with E-state index >= 15 is 0 Å². The highest BCUT2D eigenvalue weighted by Crippen LogP contribution is 2.45. The predicted molar refractivity (Wildman–Crippen MR) is 157 cm³/mol. The van der Waals surface area contributed by atoms with E-state index < -0.39 is 5.97 Å². The van der Waals surface area contributed by atoms with Gasteiger partial charge >= 0.3 is 5.97 Å². The molecule has 198 valence electrons. The first-order valence-electron chi connectivity index (χ1n) is 12.6. The van der Waals surface area contributed by atoms with Crippen LogP contribution in [0.1, 0.15) is 9.67 Å². The third-order valence-corrected chi connectivity index (χ3v) is 8.02. The van der Waals surface area contributed by atoms with Gasteiger partial charge in [0.05, 0.1) is 27.1 Å². The highest BCUT2D eigenvalue weighted by molar-refractivity contribution is 7.21. The summed E-state index contributed by atoms with van der Waals surface area (Å²) in [4.78, 5) is 31.4. The minimum absolute atomic E-state index is 0.0518. The van der Waals surface area contributed by atoms with Crippen molar-refractivity contribution in [1.82, 2.24) is 14.5 Å². The lowest BCUT2D eigenvalue weighted by atomic mass is 9.99. The standard InChI is InChI=1S/C32H24FN3O3S/c1-35(2)28(37)18-36-26-17-27(32(38)39)40-31(26)29(19-7-4-3-5-8-19)30(36)22-12-14-25-21(15-22)11-13-24(34-25)20-9-6-10-23(33)16-20/h3-17H,18H2,1-2H3,(H,38,39). The van der Waals surface area contributed by atoms with Crippen molar-refractivity contribution in [3.8, 4) is 33.6 Å². The van der Waals surface area contributed by atoms with E-state index in [0.29, 0.717) is 16.8 Å². The average Bonchev–Trinajstić information content (AvgIpc) is 3.51. The molecule has 6 nitrogen and oxygen atoms in total. The van der Waals surface area contributed by atoms with Crippen LogP contribution in [0.2, 0.25) is 0 Å². The second kappa shape index (κ2) is 10.1. The van der Waals surface area contributed by atoms with E-state index in [-0.39, 0.29) is 23.1 Å². The van der Waals surface area contributed by atoms with Gasteiger partial charge in [-0.15, -0.1) is 11.3 Å². The quantitative estimate of drug-likeness (QED) is 0.239. The topological polar surface area (TPSA) is 75.4 Å². The number of hydrogen-bond acceptors (Lipinski definition) is 4. The SMILES string of the molecule is CN(C)C(=O)Cn1c(-c2ccc3nc(-c4cccc(F)c4)ccc3c2)c(-c2ccccc2)c2sc(C(=O)O)cc21. The fourth-order valence-electron chi connectivity index (χ4n) is 4.92. The summed E-state index contributed by atoms with van der Waals surface area (Å²) in [6, 6.07) is 27.5. The Bertz CT molecular complexity index is 1930. The minimum atomic E-state index is -1.00. The van der Waals surface area contributed by atoms with Crippen molar-refractivity contribution in [1.29, 1.82) is 0 Å². The van der Waals surface area contributed by atoms with Crippen molar-refractivity contribution >= 4 is 44.3 Å². The van der Waals surface area contributed by atoms with Gasteiger partial charge in [0.25, 0.3) is 0 Å². The summed E-state index contributed by atoms with van der Waals surface area (Å²) in [5, 5.41) is 10.6. The Kier molecular flexibility index (Phi) is 6.40. The molecule has 1 amide bonds. The van der Waals surface area contributed by atoms with E-state index in [0.717, 1.165) is 38.0 Å². The number of pyridine rings is 1. The fourth-order valence-corrected chi connectivity index (χ4v) is 5.99. The molecule has 8 heteroatoms. The summed E-state index contributed by atoms with van der Waals surface area (Å²) in [6.45, 7) is 0.0518. The van der Waals surface area contributed by atoms with Gasteiger partial charge in [-0.3, -0.25) is 4.79 Å². The van der Waals surface area contributed by atoms with Crippen LogP contribution in [0.15, 0.2) is 91.0 Å². The van der Waals surface area contributed by atoms with E-state index in [2.05, 4.69) is 0 Å². The normalized spacial score (nSPS) is 11.3. The molecule has 3 heterocycles. The molecule has 0 spiro atoms. The van der Waals surface area contributed by atoms with Gasteiger partial charge in [0, 0.05) is 30.6 Å². The second-order valence-electron chi connectivity index (χ2n) is 9.71. The maximum atomic E-state index is 13.8. The number of nitrogens with zero attached hydrogens (tertiary/aromatic N) is 3. The van der Waals surface area contributed by atoms with Crippen LogP contribution in [0, 0.1) is 5.82 Å². The number of fused-ring (bicyclic) bond motifs is 2. The van der Waals surface area contributed by atoms with Crippen LogP contribution in [0.3, 0.4) is 0 Å². The maximum Gasteiger partial charge on any atom is 0.345 e. The lowest BCUT2D eigenvalue weighted by Gasteiger charge is -2.16. The number of carbonyl (C=O) groups excluding carboxylic acids is 1. The molecule has 0 aliphatic rings. The number of carboxylic acid groups (broad SMARTS) is 1. The third-order valence-electron chi connectivity index (χ3n) is 6.89. The molecule has 0 fully saturated rings. The zero-order chi connectivity index (χ0) is 28.0. The molecular weight excluding hydrogens is 525 g/mol. The number of aromatic nitrogens is 2. The van der Waals surface area contributed by atoms with Crippen LogP contribution in [0.5, 0.6) is 0 Å². The maximum absolute atomic E-state index is 13.8. The lowest BCUT2D eigenvalue weighted by Crippen LogP contribution is -2.26. The molecule has 0 atom stereocenters. The number of thiophene rings is 1. The zero-order valence-electron chi connectivity index (χ0n) is 21.8. The van der Waals surface area contributed by atoms with Gasteiger partial charge in [0.15, 0.2) is 0 Å². The molecule has 3 aromatic carbocycles. The average molecular weight is 550 g/mol. The molecule has 0 aliphatic carbocycles. The summed E-state index contributed by atoms with van der Waals surface area (Å²) in [5.74, 6) is -1.43. The van der Waals surface area contributed by atoms with Gasteiger partial charge in [-0.05, 0) is 47.5 Å². The molecule has 3 aromatic heterocycles. The Morgan fingerprint density at radius 1 is 0.900 bits per heavy atom. The lowest BCUT2D eigenvalue weighted by molar-refractivity contribution is -0.129. The largest absolute Gasteiger partial charge is 0.477 e. The number of carboxylic acids is 1. The van der Waals surface area contributed by atoms with E-state index in [9.17, 15) is 19.1 Å². The summed E-state index contributed by atoms with van der Waals surface area (Å²) >= 11 is 1.21. The van der Waals surface area contributed by atoms with Crippen LogP contribution in [-0.2, 0) is 11.3 Å². The molecule has 0 saturated heterocycles. The predicted octanol–water partition coefficient (Wildman–Crippen LogP) is 7.18. The first kappa shape index (κ1) is 25.5. The van der Waals surface area contributed by atoms with Gasteiger partial charge in [-0.25, -0.2) is 14.2 Å². The van der Waals surface area contributed by atoms with Crippen LogP contribution >= 0.6 is 11.3 Å². The Balaban J connectivity index is 1.59. The van der Waals surface area contributed by atoms with Crippen molar-refractivity contribution in [3.63, 3.8) is 0 Å². The third kappa shape index (κ3) is 4.52. The van der Waals surface area contributed by atoms with Gasteiger partial charge in [0.2, 0.25) is 5.91 Å². The van der Waals surface area contributed by atoms with Crippen molar-refractivity contribution in [3.05, 3.63) is 102 Å². The molecule has 40 heavy (non-hydrogen) atoms. The van der Waals surface area contributed by atoms with Gasteiger partial charge in [-0.2, -0.15) is 0 Å². The van der Waals surface area contributed by atoms with E-state index in [1.807, 2.05) is 71.3 Å². The first-order valence-corrected chi connectivity index (χ1v) is 13.4. The van der Waals surface area contributed by atoms with Crippen molar-refractivity contribution in [2.24, 2.45) is 0 Å². The molecular formula is C32H24FN3O3S. The number of rotatable bonds is 6. The molecule has 6 rings (SSSR count). The van der Waals surface area contributed by atoms with Crippen molar-refractivity contribution in [2.45, 2.75) is 6.54 Å². The highest BCUT2D eigenvalue weighted by atomic mass is 32.1. The van der Waals surface area contributed by atoms with E-state index in [1.165, 1.54) is 28.4 Å². The summed E-state index contributed by atoms with van der Waals surface area (Å²) in [5.41, 5.74) is 6.33. The second-order valence-corrected chi connectivity index (χ2v) is 10.8. The molecule has 0 radical (unpaired) electrons. The fraction of sp³-hybridized carbons (Fsp3) is 0.0938. The number of benzene rings is 3. The van der Waals surface area contributed by atoms with Crippen LogP contribution in [0.4, 0.5) is 4.39 Å². The number of hydrogen-bond donors (Lipinski definition) is 1. The number of halogens is 1. The molecule has 0 bridgehead atoms. The molecule has 0 unspecified atom stereocenters. The molecule has 1 N–H and O–H groups in total. The molecule has 0 aliphatic heterocycles. The van der Waals surface area contributed by atoms with E-state index in [4.69, 9.17) is 4.98 Å². The first-order chi connectivity index (χ1) is 19.3. The Morgan fingerprint density at radius 2 is 1.68 bits per heavy atom. The van der Waals surface area contributed by atoms with Gasteiger partial charge < -0.3 is 14.6 Å². The summed E-state index contributed by atoms with van der Waals surface area (Å²) in [6.07, 6.45) is 0. The smallest absolute Gasteiger partial charge is 0.345 e. The summed E-state index contributed by atoms with van der Waals surface area (Å²) in [7, 11) is 3.41. The van der Waals surface area contributed by atoms with Gasteiger partial charge in [-0.1, -0.05) is 54.6 Å². The zero-order valence-corrected chi connectivity index (χ0v) is 22.6.